The Hall–Kier alpha value is -0.180. The van der Waals surface area contributed by atoms with Crippen molar-refractivity contribution in [1.29, 1.82) is 0 Å². The monoisotopic (exact) mass is 295 g/mol. The predicted octanol–water partition coefficient (Wildman–Crippen LogP) is 4.36. The molecule has 0 aliphatic carbocycles. The van der Waals surface area contributed by atoms with Crippen LogP contribution in [0, 0.1) is 0 Å². The summed E-state index contributed by atoms with van der Waals surface area (Å²) in [5, 5.41) is 0. The molecule has 2 aliphatic rings. The fraction of sp³-hybridized carbons (Fsp3) is 0.625. The van der Waals surface area contributed by atoms with Crippen LogP contribution >= 0.6 is 23.4 Å². The third kappa shape index (κ3) is 3.12. The smallest absolute Gasteiger partial charge is 0.0224 e. The Morgan fingerprint density at radius 1 is 1.32 bits per heavy atom. The number of halogens is 1. The van der Waals surface area contributed by atoms with Crippen LogP contribution < -0.4 is 0 Å². The molecule has 104 valence electrons. The summed E-state index contributed by atoms with van der Waals surface area (Å²) in [5.41, 5.74) is 1.58. The van der Waals surface area contributed by atoms with Gasteiger partial charge in [-0.1, -0.05) is 18.2 Å². The maximum absolute atomic E-state index is 5.84. The minimum absolute atomic E-state index is 0.734. The Morgan fingerprint density at radius 3 is 3.11 bits per heavy atom. The highest BCUT2D eigenvalue weighted by Gasteiger charge is 2.30. The molecule has 3 rings (SSSR count). The Balaban J connectivity index is 1.62. The summed E-state index contributed by atoms with van der Waals surface area (Å²) in [6.45, 7) is 2.53. The minimum atomic E-state index is 0.734. The molecule has 1 saturated heterocycles. The minimum Gasteiger partial charge on any atom is -0.300 e. The number of fused-ring (bicyclic) bond motifs is 1. The Morgan fingerprint density at radius 2 is 2.21 bits per heavy atom. The molecule has 2 atom stereocenters. The first kappa shape index (κ1) is 13.8. The Kier molecular flexibility index (Phi) is 4.73. The van der Waals surface area contributed by atoms with Gasteiger partial charge in [-0.3, -0.25) is 4.90 Å². The van der Waals surface area contributed by atoms with Crippen molar-refractivity contribution in [3.8, 4) is 0 Å². The predicted molar refractivity (Wildman–Crippen MR) is 84.5 cm³/mol. The molecule has 19 heavy (non-hydrogen) atoms. The zero-order chi connectivity index (χ0) is 13.1. The van der Waals surface area contributed by atoms with Gasteiger partial charge in [0.25, 0.3) is 0 Å². The molecule has 2 aliphatic heterocycles. The van der Waals surface area contributed by atoms with Crippen molar-refractivity contribution in [2.24, 2.45) is 0 Å². The van der Waals surface area contributed by atoms with Gasteiger partial charge in [-0.15, -0.1) is 23.4 Å². The van der Waals surface area contributed by atoms with Crippen molar-refractivity contribution in [2.45, 2.75) is 42.5 Å². The van der Waals surface area contributed by atoms with Gasteiger partial charge in [-0.2, -0.15) is 0 Å². The second kappa shape index (κ2) is 6.51. The van der Waals surface area contributed by atoms with Gasteiger partial charge in [-0.05, 0) is 43.9 Å². The lowest BCUT2D eigenvalue weighted by Crippen LogP contribution is -2.33. The second-order valence-corrected chi connectivity index (χ2v) is 7.11. The summed E-state index contributed by atoms with van der Waals surface area (Å²) in [5.74, 6) is 2.81. The zero-order valence-electron chi connectivity index (χ0n) is 11.4. The SMILES string of the molecule is ClCCCC1CCCN1CC1CSc2ccccc21. The van der Waals surface area contributed by atoms with E-state index in [1.807, 2.05) is 11.8 Å². The van der Waals surface area contributed by atoms with Gasteiger partial charge >= 0.3 is 0 Å². The largest absolute Gasteiger partial charge is 0.300 e. The van der Waals surface area contributed by atoms with Gasteiger partial charge in [0.1, 0.15) is 0 Å². The topological polar surface area (TPSA) is 3.24 Å². The molecular weight excluding hydrogens is 274 g/mol. The summed E-state index contributed by atoms with van der Waals surface area (Å²) in [4.78, 5) is 4.23. The lowest BCUT2D eigenvalue weighted by Gasteiger charge is -2.27. The summed E-state index contributed by atoms with van der Waals surface area (Å²) in [6, 6.07) is 9.73. The van der Waals surface area contributed by atoms with E-state index in [2.05, 4.69) is 29.2 Å². The summed E-state index contributed by atoms with van der Waals surface area (Å²) < 4.78 is 0. The highest BCUT2D eigenvalue weighted by Crippen LogP contribution is 2.40. The first-order chi connectivity index (χ1) is 9.38. The normalized spacial score (nSPS) is 26.8. The molecule has 0 aromatic heterocycles. The van der Waals surface area contributed by atoms with E-state index in [0.29, 0.717) is 0 Å². The van der Waals surface area contributed by atoms with E-state index in [9.17, 15) is 0 Å². The molecule has 0 bridgehead atoms. The van der Waals surface area contributed by atoms with E-state index in [0.717, 1.165) is 17.8 Å². The van der Waals surface area contributed by atoms with E-state index in [1.54, 1.807) is 5.56 Å². The molecule has 1 aromatic rings. The van der Waals surface area contributed by atoms with Crippen LogP contribution in [-0.4, -0.2) is 35.7 Å². The average Bonchev–Trinajstić information content (AvgIpc) is 3.05. The van der Waals surface area contributed by atoms with Crippen LogP contribution in [0.3, 0.4) is 0 Å². The standard InChI is InChI=1S/C16H22ClNS/c17-9-3-5-14-6-4-10-18(14)11-13-12-19-16-8-2-1-7-15(13)16/h1-2,7-8,13-14H,3-6,9-12H2. The first-order valence-corrected chi connectivity index (χ1v) is 8.92. The molecule has 0 N–H and O–H groups in total. The number of alkyl halides is 1. The van der Waals surface area contributed by atoms with Crippen LogP contribution in [0.1, 0.15) is 37.2 Å². The van der Waals surface area contributed by atoms with Crippen LogP contribution in [0.5, 0.6) is 0 Å². The van der Waals surface area contributed by atoms with Crippen molar-refractivity contribution in [3.05, 3.63) is 29.8 Å². The molecular formula is C16H22ClNS. The van der Waals surface area contributed by atoms with Crippen molar-refractivity contribution in [1.82, 2.24) is 4.90 Å². The highest BCUT2D eigenvalue weighted by atomic mass is 35.5. The first-order valence-electron chi connectivity index (χ1n) is 7.40. The van der Waals surface area contributed by atoms with Gasteiger partial charge in [-0.25, -0.2) is 0 Å². The molecule has 0 saturated carbocycles. The number of hydrogen-bond acceptors (Lipinski definition) is 2. The second-order valence-electron chi connectivity index (χ2n) is 5.67. The molecule has 3 heteroatoms. The zero-order valence-corrected chi connectivity index (χ0v) is 12.9. The number of thioether (sulfide) groups is 1. The van der Waals surface area contributed by atoms with E-state index in [1.165, 1.54) is 49.4 Å². The molecule has 1 fully saturated rings. The Bertz CT molecular complexity index is 423. The van der Waals surface area contributed by atoms with Crippen LogP contribution in [-0.2, 0) is 0 Å². The lowest BCUT2D eigenvalue weighted by molar-refractivity contribution is 0.232. The van der Waals surface area contributed by atoms with E-state index < -0.39 is 0 Å². The highest BCUT2D eigenvalue weighted by molar-refractivity contribution is 7.99. The number of hydrogen-bond donors (Lipinski definition) is 0. The molecule has 2 unspecified atom stereocenters. The molecule has 1 nitrogen and oxygen atoms in total. The van der Waals surface area contributed by atoms with Crippen molar-refractivity contribution < 1.29 is 0 Å². The lowest BCUT2D eigenvalue weighted by atomic mass is 10.00. The van der Waals surface area contributed by atoms with Gasteiger partial charge in [0.15, 0.2) is 0 Å². The third-order valence-electron chi connectivity index (χ3n) is 4.42. The molecule has 1 aromatic carbocycles. The van der Waals surface area contributed by atoms with Gasteiger partial charge in [0.2, 0.25) is 0 Å². The summed E-state index contributed by atoms with van der Waals surface area (Å²) in [7, 11) is 0. The quantitative estimate of drug-likeness (QED) is 0.743. The third-order valence-corrected chi connectivity index (χ3v) is 5.94. The van der Waals surface area contributed by atoms with Crippen LogP contribution in [0.15, 0.2) is 29.2 Å². The number of nitrogens with zero attached hydrogens (tertiary/aromatic N) is 1. The fourth-order valence-corrected chi connectivity index (χ4v) is 4.83. The summed E-state index contributed by atoms with van der Waals surface area (Å²) in [6.07, 6.45) is 5.19. The molecule has 2 heterocycles. The summed E-state index contributed by atoms with van der Waals surface area (Å²) >= 11 is 7.87. The average molecular weight is 296 g/mol. The van der Waals surface area contributed by atoms with Crippen LogP contribution in [0.4, 0.5) is 0 Å². The molecule has 0 radical (unpaired) electrons. The number of benzene rings is 1. The van der Waals surface area contributed by atoms with Crippen molar-refractivity contribution in [2.75, 3.05) is 24.7 Å². The molecule has 0 amide bonds. The van der Waals surface area contributed by atoms with E-state index in [4.69, 9.17) is 11.6 Å². The molecule has 0 spiro atoms. The maximum Gasteiger partial charge on any atom is 0.0224 e. The van der Waals surface area contributed by atoms with E-state index in [-0.39, 0.29) is 0 Å². The van der Waals surface area contributed by atoms with Gasteiger partial charge in [0.05, 0.1) is 0 Å². The van der Waals surface area contributed by atoms with E-state index >= 15 is 0 Å². The van der Waals surface area contributed by atoms with Crippen LogP contribution in [0.2, 0.25) is 0 Å². The number of likely N-dealkylation sites (tertiary alicyclic amines) is 1. The maximum atomic E-state index is 5.84. The fourth-order valence-electron chi connectivity index (χ4n) is 3.44. The number of rotatable bonds is 5. The Labute approximate surface area is 125 Å². The van der Waals surface area contributed by atoms with Gasteiger partial charge in [0, 0.05) is 35.0 Å². The van der Waals surface area contributed by atoms with Gasteiger partial charge < -0.3 is 0 Å². The van der Waals surface area contributed by atoms with Crippen molar-refractivity contribution >= 4 is 23.4 Å². The van der Waals surface area contributed by atoms with Crippen molar-refractivity contribution in [3.63, 3.8) is 0 Å². The van der Waals surface area contributed by atoms with Crippen LogP contribution in [0.25, 0.3) is 0 Å².